The normalized spacial score (nSPS) is 24.9. The predicted molar refractivity (Wildman–Crippen MR) is 66.8 cm³/mol. The van der Waals surface area contributed by atoms with Gasteiger partial charge in [-0.15, -0.1) is 0 Å². The van der Waals surface area contributed by atoms with Gasteiger partial charge >= 0.3 is 0 Å². The first-order chi connectivity index (χ1) is 8.56. The van der Waals surface area contributed by atoms with Crippen LogP contribution in [0.4, 0.5) is 0 Å². The maximum absolute atomic E-state index is 11.4. The van der Waals surface area contributed by atoms with Gasteiger partial charge in [-0.05, 0) is 31.8 Å². The van der Waals surface area contributed by atoms with Gasteiger partial charge in [0.15, 0.2) is 0 Å². The van der Waals surface area contributed by atoms with Crippen molar-refractivity contribution in [3.05, 3.63) is 0 Å². The molecule has 0 aromatic carbocycles. The molecule has 1 atom stereocenters. The number of rotatable bonds is 4. The number of piperidine rings is 1. The Morgan fingerprint density at radius 1 is 1.17 bits per heavy atom. The molecule has 2 fully saturated rings. The molecule has 5 heteroatoms. The quantitative estimate of drug-likeness (QED) is 0.730. The smallest absolute Gasteiger partial charge is 0.229 e. The van der Waals surface area contributed by atoms with Crippen LogP contribution in [0.3, 0.4) is 0 Å². The van der Waals surface area contributed by atoms with Crippen molar-refractivity contribution in [3.63, 3.8) is 0 Å². The monoisotopic (exact) mass is 254 g/mol. The number of hydrogen-bond acceptors (Lipinski definition) is 4. The van der Waals surface area contributed by atoms with E-state index in [4.69, 9.17) is 0 Å². The maximum Gasteiger partial charge on any atom is 0.229 e. The van der Waals surface area contributed by atoms with Crippen LogP contribution in [0.5, 0.6) is 0 Å². The van der Waals surface area contributed by atoms with Crippen LogP contribution in [-0.4, -0.2) is 59.0 Å². The second kappa shape index (κ2) is 5.80. The average molecular weight is 254 g/mol. The molecule has 18 heavy (non-hydrogen) atoms. The van der Waals surface area contributed by atoms with Crippen molar-refractivity contribution in [2.75, 3.05) is 26.2 Å². The Morgan fingerprint density at radius 3 is 2.28 bits per heavy atom. The minimum Gasteiger partial charge on any atom is -0.390 e. The van der Waals surface area contributed by atoms with E-state index in [0.29, 0.717) is 19.4 Å². The molecule has 5 nitrogen and oxygen atoms in total. The number of nitrogens with zero attached hydrogens (tertiary/aromatic N) is 2. The minimum absolute atomic E-state index is 0.147. The van der Waals surface area contributed by atoms with Crippen LogP contribution in [0.25, 0.3) is 0 Å². The van der Waals surface area contributed by atoms with Gasteiger partial charge in [0.1, 0.15) is 0 Å². The highest BCUT2D eigenvalue weighted by Gasteiger charge is 2.31. The molecule has 1 N–H and O–H groups in total. The molecule has 2 saturated heterocycles. The van der Waals surface area contributed by atoms with E-state index < -0.39 is 6.10 Å². The standard InChI is InChI=1S/C13H22N2O3/c1-10-4-6-14(7-5-10)8-11(16)9-15-12(17)2-3-13(15)18/h10-11,16H,2-9H2,1H3. The topological polar surface area (TPSA) is 60.9 Å². The highest BCUT2D eigenvalue weighted by atomic mass is 16.3. The SMILES string of the molecule is CC1CCN(CC(O)CN2C(=O)CCC2=O)CC1. The lowest BCUT2D eigenvalue weighted by Gasteiger charge is -2.32. The van der Waals surface area contributed by atoms with Crippen LogP contribution in [0, 0.1) is 5.92 Å². The number of likely N-dealkylation sites (tertiary alicyclic amines) is 2. The van der Waals surface area contributed by atoms with Gasteiger partial charge in [0.05, 0.1) is 12.6 Å². The van der Waals surface area contributed by atoms with Crippen molar-refractivity contribution in [2.45, 2.75) is 38.7 Å². The van der Waals surface area contributed by atoms with Crippen molar-refractivity contribution >= 4 is 11.8 Å². The maximum atomic E-state index is 11.4. The molecule has 2 aliphatic heterocycles. The molecule has 2 rings (SSSR count). The second-order valence-corrected chi connectivity index (χ2v) is 5.54. The molecule has 0 saturated carbocycles. The average Bonchev–Trinajstić information content (AvgIpc) is 2.64. The van der Waals surface area contributed by atoms with Gasteiger partial charge in [-0.25, -0.2) is 0 Å². The summed E-state index contributed by atoms with van der Waals surface area (Å²) in [5, 5.41) is 9.98. The molecule has 0 aliphatic carbocycles. The Morgan fingerprint density at radius 2 is 1.72 bits per heavy atom. The largest absolute Gasteiger partial charge is 0.390 e. The number of carbonyl (C=O) groups excluding carboxylic acids is 2. The summed E-state index contributed by atoms with van der Waals surface area (Å²) in [7, 11) is 0. The molecule has 0 radical (unpaired) electrons. The van der Waals surface area contributed by atoms with Crippen molar-refractivity contribution in [1.29, 1.82) is 0 Å². The van der Waals surface area contributed by atoms with Crippen molar-refractivity contribution < 1.29 is 14.7 Å². The third-order valence-corrected chi connectivity index (χ3v) is 3.89. The van der Waals surface area contributed by atoms with E-state index >= 15 is 0 Å². The van der Waals surface area contributed by atoms with E-state index in [9.17, 15) is 14.7 Å². The first-order valence-electron chi connectivity index (χ1n) is 6.80. The van der Waals surface area contributed by atoms with E-state index in [1.807, 2.05) is 0 Å². The lowest BCUT2D eigenvalue weighted by molar-refractivity contribution is -0.140. The van der Waals surface area contributed by atoms with Gasteiger partial charge in [0.25, 0.3) is 0 Å². The summed E-state index contributed by atoms with van der Waals surface area (Å²) in [5.41, 5.74) is 0. The third-order valence-electron chi connectivity index (χ3n) is 3.89. The first kappa shape index (κ1) is 13.5. The highest BCUT2D eigenvalue weighted by Crippen LogP contribution is 2.17. The summed E-state index contributed by atoms with van der Waals surface area (Å²) < 4.78 is 0. The number of aliphatic hydroxyl groups excluding tert-OH is 1. The van der Waals surface area contributed by atoms with E-state index in [1.54, 1.807) is 0 Å². The van der Waals surface area contributed by atoms with E-state index in [2.05, 4.69) is 11.8 Å². The molecule has 0 bridgehead atoms. The summed E-state index contributed by atoms with van der Waals surface area (Å²) in [5.74, 6) is 0.470. The molecule has 1 unspecified atom stereocenters. The molecular weight excluding hydrogens is 232 g/mol. The number of carbonyl (C=O) groups is 2. The van der Waals surface area contributed by atoms with E-state index in [1.165, 1.54) is 4.90 Å². The fraction of sp³-hybridized carbons (Fsp3) is 0.846. The van der Waals surface area contributed by atoms with Crippen LogP contribution in [0.2, 0.25) is 0 Å². The van der Waals surface area contributed by atoms with Crippen LogP contribution in [0.1, 0.15) is 32.6 Å². The van der Waals surface area contributed by atoms with E-state index in [0.717, 1.165) is 31.8 Å². The zero-order valence-electron chi connectivity index (χ0n) is 11.0. The van der Waals surface area contributed by atoms with Gasteiger partial charge < -0.3 is 10.0 Å². The zero-order chi connectivity index (χ0) is 13.1. The van der Waals surface area contributed by atoms with Crippen molar-refractivity contribution in [2.24, 2.45) is 5.92 Å². The lowest BCUT2D eigenvalue weighted by atomic mass is 9.99. The summed E-state index contributed by atoms with van der Waals surface area (Å²) >= 11 is 0. The zero-order valence-corrected chi connectivity index (χ0v) is 11.0. The number of hydrogen-bond donors (Lipinski definition) is 1. The van der Waals surface area contributed by atoms with Crippen LogP contribution in [-0.2, 0) is 9.59 Å². The van der Waals surface area contributed by atoms with E-state index in [-0.39, 0.29) is 18.4 Å². The van der Waals surface area contributed by atoms with Gasteiger partial charge in [0, 0.05) is 19.4 Å². The minimum atomic E-state index is -0.621. The third kappa shape index (κ3) is 3.29. The fourth-order valence-corrected chi connectivity index (χ4v) is 2.64. The Kier molecular flexibility index (Phi) is 4.35. The van der Waals surface area contributed by atoms with Crippen molar-refractivity contribution in [3.8, 4) is 0 Å². The number of amides is 2. The molecule has 2 amide bonds. The molecular formula is C13H22N2O3. The lowest BCUT2D eigenvalue weighted by Crippen LogP contribution is -2.44. The summed E-state index contributed by atoms with van der Waals surface area (Å²) in [4.78, 5) is 26.3. The van der Waals surface area contributed by atoms with Gasteiger partial charge in [-0.1, -0.05) is 6.92 Å². The fourth-order valence-electron chi connectivity index (χ4n) is 2.64. The second-order valence-electron chi connectivity index (χ2n) is 5.54. The Balaban J connectivity index is 1.76. The number of aliphatic hydroxyl groups is 1. The Bertz CT molecular complexity index is 308. The van der Waals surface area contributed by atoms with Gasteiger partial charge in [0.2, 0.25) is 11.8 Å². The summed E-state index contributed by atoms with van der Waals surface area (Å²) in [6.45, 7) is 4.96. The summed E-state index contributed by atoms with van der Waals surface area (Å²) in [6.07, 6.45) is 2.30. The highest BCUT2D eigenvalue weighted by molar-refractivity contribution is 6.01. The Hall–Kier alpha value is -0.940. The van der Waals surface area contributed by atoms with Crippen LogP contribution >= 0.6 is 0 Å². The number of β-amino-alcohol motifs (C(OH)–C–C–N with tert-alkyl or cyclic N) is 1. The number of imide groups is 1. The van der Waals surface area contributed by atoms with Crippen LogP contribution < -0.4 is 0 Å². The molecule has 2 heterocycles. The van der Waals surface area contributed by atoms with Crippen molar-refractivity contribution in [1.82, 2.24) is 9.80 Å². The first-order valence-corrected chi connectivity index (χ1v) is 6.80. The molecule has 102 valence electrons. The predicted octanol–water partition coefficient (Wildman–Crippen LogP) is 0.228. The molecule has 0 aromatic rings. The summed E-state index contributed by atoms with van der Waals surface area (Å²) in [6, 6.07) is 0. The Labute approximate surface area is 108 Å². The molecule has 0 spiro atoms. The van der Waals surface area contributed by atoms with Gasteiger partial charge in [-0.3, -0.25) is 14.5 Å². The molecule has 2 aliphatic rings. The molecule has 0 aromatic heterocycles. The van der Waals surface area contributed by atoms with Gasteiger partial charge in [-0.2, -0.15) is 0 Å². The van der Waals surface area contributed by atoms with Crippen LogP contribution in [0.15, 0.2) is 0 Å².